The van der Waals surface area contributed by atoms with Crippen LogP contribution in [0, 0.1) is 0 Å². The first kappa shape index (κ1) is 15.5. The molecule has 0 radical (unpaired) electrons. The van der Waals surface area contributed by atoms with E-state index in [1.807, 2.05) is 67.6 Å². The number of nitrogens with one attached hydrogen (secondary N) is 1. The second-order valence-corrected chi connectivity index (χ2v) is 6.57. The highest BCUT2D eigenvalue weighted by Gasteiger charge is 2.09. The minimum atomic E-state index is -3.41. The average molecular weight is 301 g/mol. The third kappa shape index (κ3) is 5.17. The largest absolute Gasteiger partial charge is 0.233 e. The van der Waals surface area contributed by atoms with Crippen molar-refractivity contribution >= 4 is 16.1 Å². The molecule has 2 rings (SSSR count). The maximum atomic E-state index is 11.9. The lowest BCUT2D eigenvalue weighted by molar-refractivity contribution is 0.584. The van der Waals surface area contributed by atoms with Gasteiger partial charge in [0.15, 0.2) is 0 Å². The van der Waals surface area contributed by atoms with Crippen LogP contribution in [0.5, 0.6) is 0 Å². The summed E-state index contributed by atoms with van der Waals surface area (Å²) in [5.41, 5.74) is 1.98. The van der Waals surface area contributed by atoms with Crippen LogP contribution in [0.3, 0.4) is 0 Å². The molecular weight excluding hydrogens is 282 g/mol. The van der Waals surface area contributed by atoms with E-state index in [1.54, 1.807) is 6.08 Å². The minimum absolute atomic E-state index is 0.131. The van der Waals surface area contributed by atoms with E-state index in [0.717, 1.165) is 11.1 Å². The lowest BCUT2D eigenvalue weighted by Crippen LogP contribution is -2.25. The summed E-state index contributed by atoms with van der Waals surface area (Å²) in [5, 5.41) is 1.21. The van der Waals surface area contributed by atoms with Crippen LogP contribution in [-0.4, -0.2) is 15.0 Å². The molecule has 2 aromatic carbocycles. The van der Waals surface area contributed by atoms with Gasteiger partial charge in [0, 0.05) is 12.0 Å². The summed E-state index contributed by atoms with van der Waals surface area (Å²) in [6, 6.07) is 19.2. The van der Waals surface area contributed by atoms with Gasteiger partial charge in [-0.05, 0) is 23.1 Å². The van der Waals surface area contributed by atoms with E-state index in [-0.39, 0.29) is 5.92 Å². The maximum absolute atomic E-state index is 11.9. The van der Waals surface area contributed by atoms with Gasteiger partial charge in [-0.25, -0.2) is 13.1 Å². The van der Waals surface area contributed by atoms with Gasteiger partial charge in [-0.1, -0.05) is 67.6 Å². The van der Waals surface area contributed by atoms with Crippen molar-refractivity contribution < 1.29 is 8.42 Å². The molecule has 3 nitrogen and oxygen atoms in total. The van der Waals surface area contributed by atoms with Crippen molar-refractivity contribution in [1.29, 1.82) is 0 Å². The zero-order chi connectivity index (χ0) is 15.1. The molecule has 0 bridgehead atoms. The van der Waals surface area contributed by atoms with Crippen molar-refractivity contribution in [3.8, 4) is 0 Å². The Morgan fingerprint density at radius 2 is 1.57 bits per heavy atom. The Hall–Kier alpha value is -1.91. The summed E-state index contributed by atoms with van der Waals surface area (Å²) in [7, 11) is -3.41. The molecule has 0 heterocycles. The van der Waals surface area contributed by atoms with Crippen LogP contribution < -0.4 is 4.72 Å². The highest BCUT2D eigenvalue weighted by atomic mass is 32.2. The normalized spacial score (nSPS) is 13.4. The van der Waals surface area contributed by atoms with Crippen LogP contribution in [0.15, 0.2) is 66.1 Å². The molecule has 0 aliphatic carbocycles. The number of sulfonamides is 1. The molecule has 4 heteroatoms. The van der Waals surface area contributed by atoms with Gasteiger partial charge in [-0.2, -0.15) is 0 Å². The van der Waals surface area contributed by atoms with E-state index >= 15 is 0 Å². The molecular formula is C17H19NO2S. The third-order valence-electron chi connectivity index (χ3n) is 3.20. The monoisotopic (exact) mass is 301 g/mol. The number of hydrogen-bond donors (Lipinski definition) is 1. The van der Waals surface area contributed by atoms with Gasteiger partial charge in [-0.3, -0.25) is 0 Å². The Kier molecular flexibility index (Phi) is 5.31. The van der Waals surface area contributed by atoms with Gasteiger partial charge in [-0.15, -0.1) is 0 Å². The Balaban J connectivity index is 1.94. The molecule has 0 aliphatic heterocycles. The van der Waals surface area contributed by atoms with Crippen molar-refractivity contribution in [3.05, 3.63) is 77.2 Å². The van der Waals surface area contributed by atoms with Crippen molar-refractivity contribution in [2.75, 3.05) is 6.54 Å². The summed E-state index contributed by atoms with van der Waals surface area (Å²) in [5.74, 6) is 0.131. The number of benzene rings is 2. The molecule has 0 fully saturated rings. The van der Waals surface area contributed by atoms with Crippen LogP contribution in [0.25, 0.3) is 6.08 Å². The van der Waals surface area contributed by atoms with E-state index in [9.17, 15) is 8.42 Å². The molecule has 1 atom stereocenters. The molecule has 0 aromatic heterocycles. The summed E-state index contributed by atoms with van der Waals surface area (Å²) in [6.45, 7) is 2.38. The van der Waals surface area contributed by atoms with E-state index in [0.29, 0.717) is 6.54 Å². The fourth-order valence-corrected chi connectivity index (χ4v) is 2.84. The fraction of sp³-hybridized carbons (Fsp3) is 0.176. The van der Waals surface area contributed by atoms with Crippen LogP contribution in [0.4, 0.5) is 0 Å². The third-order valence-corrected chi connectivity index (χ3v) is 4.26. The predicted octanol–water partition coefficient (Wildman–Crippen LogP) is 3.38. The second kappa shape index (κ2) is 7.20. The van der Waals surface area contributed by atoms with E-state index < -0.39 is 10.0 Å². The molecule has 2 aromatic rings. The highest BCUT2D eigenvalue weighted by Crippen LogP contribution is 2.13. The molecule has 110 valence electrons. The topological polar surface area (TPSA) is 46.2 Å². The molecule has 21 heavy (non-hydrogen) atoms. The Labute approximate surface area is 126 Å². The zero-order valence-electron chi connectivity index (χ0n) is 11.9. The van der Waals surface area contributed by atoms with Gasteiger partial charge in [0.1, 0.15) is 0 Å². The predicted molar refractivity (Wildman–Crippen MR) is 87.3 cm³/mol. The minimum Gasteiger partial charge on any atom is -0.211 e. The van der Waals surface area contributed by atoms with Crippen LogP contribution in [0.1, 0.15) is 24.0 Å². The van der Waals surface area contributed by atoms with Crippen molar-refractivity contribution in [2.45, 2.75) is 12.8 Å². The quantitative estimate of drug-likeness (QED) is 0.889. The molecule has 0 amide bonds. The first-order valence-electron chi connectivity index (χ1n) is 6.84. The molecule has 0 spiro atoms. The summed E-state index contributed by atoms with van der Waals surface area (Å²) in [6.07, 6.45) is 1.59. The summed E-state index contributed by atoms with van der Waals surface area (Å²) >= 11 is 0. The summed E-state index contributed by atoms with van der Waals surface area (Å²) < 4.78 is 26.5. The van der Waals surface area contributed by atoms with Crippen LogP contribution >= 0.6 is 0 Å². The van der Waals surface area contributed by atoms with Gasteiger partial charge in [0.05, 0.1) is 0 Å². The highest BCUT2D eigenvalue weighted by molar-refractivity contribution is 7.92. The maximum Gasteiger partial charge on any atom is 0.233 e. The Morgan fingerprint density at radius 3 is 2.19 bits per heavy atom. The smallest absolute Gasteiger partial charge is 0.211 e. The Morgan fingerprint density at radius 1 is 1.00 bits per heavy atom. The van der Waals surface area contributed by atoms with Crippen molar-refractivity contribution in [2.24, 2.45) is 0 Å². The van der Waals surface area contributed by atoms with Gasteiger partial charge >= 0.3 is 0 Å². The number of hydrogen-bond acceptors (Lipinski definition) is 2. The Bertz CT molecular complexity index is 679. The lowest BCUT2D eigenvalue weighted by atomic mass is 10.0. The van der Waals surface area contributed by atoms with Crippen LogP contribution in [-0.2, 0) is 10.0 Å². The fourth-order valence-electron chi connectivity index (χ4n) is 1.92. The zero-order valence-corrected chi connectivity index (χ0v) is 12.8. The molecule has 0 saturated carbocycles. The first-order chi connectivity index (χ1) is 10.1. The SMILES string of the molecule is C[C@H](CNS(=O)(=O)/C=C/c1ccccc1)c1ccccc1. The van der Waals surface area contributed by atoms with E-state index in [1.165, 1.54) is 5.41 Å². The number of rotatable bonds is 6. The molecule has 0 unspecified atom stereocenters. The summed E-state index contributed by atoms with van der Waals surface area (Å²) in [4.78, 5) is 0. The standard InChI is InChI=1S/C17H19NO2S/c1-15(17-10-6-3-7-11-17)14-18-21(19,20)13-12-16-8-4-2-5-9-16/h2-13,15,18H,14H2,1H3/b13-12+/t15-/m1/s1. The molecule has 0 saturated heterocycles. The van der Waals surface area contributed by atoms with Crippen molar-refractivity contribution in [3.63, 3.8) is 0 Å². The first-order valence-corrected chi connectivity index (χ1v) is 8.39. The van der Waals surface area contributed by atoms with Gasteiger partial charge < -0.3 is 0 Å². The van der Waals surface area contributed by atoms with E-state index in [4.69, 9.17) is 0 Å². The molecule has 1 N–H and O–H groups in total. The van der Waals surface area contributed by atoms with Crippen LogP contribution in [0.2, 0.25) is 0 Å². The molecule has 0 aliphatic rings. The lowest BCUT2D eigenvalue weighted by Gasteiger charge is -2.11. The van der Waals surface area contributed by atoms with Crippen molar-refractivity contribution in [1.82, 2.24) is 4.72 Å². The average Bonchev–Trinajstić information content (AvgIpc) is 2.53. The van der Waals surface area contributed by atoms with E-state index in [2.05, 4.69) is 4.72 Å². The van der Waals surface area contributed by atoms with Gasteiger partial charge in [0.25, 0.3) is 0 Å². The second-order valence-electron chi connectivity index (χ2n) is 4.92. The van der Waals surface area contributed by atoms with Gasteiger partial charge in [0.2, 0.25) is 10.0 Å².